The van der Waals surface area contributed by atoms with E-state index < -0.39 is 0 Å². The molecule has 1 aromatic heterocycles. The maximum Gasteiger partial charge on any atom is 0.255 e. The second kappa shape index (κ2) is 5.75. The SMILES string of the molecule is CN(C)C1CCCN(C(=O)c2cc(N)ncc2Cl)C1. The smallest absolute Gasteiger partial charge is 0.255 e. The molecule has 1 aliphatic rings. The third-order valence-corrected chi connectivity index (χ3v) is 3.82. The summed E-state index contributed by atoms with van der Waals surface area (Å²) in [5.41, 5.74) is 6.06. The first-order valence-electron chi connectivity index (χ1n) is 6.35. The van der Waals surface area contributed by atoms with Crippen molar-refractivity contribution < 1.29 is 4.79 Å². The molecule has 0 bridgehead atoms. The first-order valence-corrected chi connectivity index (χ1v) is 6.73. The second-order valence-corrected chi connectivity index (χ2v) is 5.51. The Hall–Kier alpha value is -1.33. The van der Waals surface area contributed by atoms with Gasteiger partial charge in [-0.05, 0) is 33.0 Å². The number of pyridine rings is 1. The van der Waals surface area contributed by atoms with E-state index in [0.29, 0.717) is 22.4 Å². The van der Waals surface area contributed by atoms with Crippen LogP contribution in [0.25, 0.3) is 0 Å². The zero-order chi connectivity index (χ0) is 14.0. The lowest BCUT2D eigenvalue weighted by atomic mass is 10.0. The lowest BCUT2D eigenvalue weighted by molar-refractivity contribution is 0.0635. The predicted molar refractivity (Wildman–Crippen MR) is 76.3 cm³/mol. The zero-order valence-corrected chi connectivity index (χ0v) is 12.0. The molecule has 0 aromatic carbocycles. The standard InChI is InChI=1S/C13H19ClN4O/c1-17(2)9-4-3-5-18(8-9)13(19)10-6-12(15)16-7-11(10)14/h6-7,9H,3-5,8H2,1-2H3,(H2,15,16). The Bertz CT molecular complexity index is 478. The van der Waals surface area contributed by atoms with E-state index in [9.17, 15) is 4.79 Å². The molecule has 1 saturated heterocycles. The topological polar surface area (TPSA) is 62.5 Å². The van der Waals surface area contributed by atoms with E-state index >= 15 is 0 Å². The minimum atomic E-state index is -0.0642. The summed E-state index contributed by atoms with van der Waals surface area (Å²) in [6.07, 6.45) is 3.55. The van der Waals surface area contributed by atoms with Crippen LogP contribution in [0.15, 0.2) is 12.3 Å². The molecule has 2 rings (SSSR count). The fourth-order valence-corrected chi connectivity index (χ4v) is 2.53. The maximum absolute atomic E-state index is 12.5. The van der Waals surface area contributed by atoms with Gasteiger partial charge in [-0.25, -0.2) is 4.98 Å². The minimum absolute atomic E-state index is 0.0642. The number of carbonyl (C=O) groups is 1. The minimum Gasteiger partial charge on any atom is -0.384 e. The zero-order valence-electron chi connectivity index (χ0n) is 11.3. The molecule has 5 nitrogen and oxygen atoms in total. The second-order valence-electron chi connectivity index (χ2n) is 5.10. The van der Waals surface area contributed by atoms with Crippen molar-refractivity contribution in [2.24, 2.45) is 0 Å². The number of rotatable bonds is 2. The lowest BCUT2D eigenvalue weighted by Crippen LogP contribution is -2.47. The normalized spacial score (nSPS) is 19.8. The number of nitrogens with two attached hydrogens (primary N) is 1. The van der Waals surface area contributed by atoms with E-state index in [2.05, 4.69) is 9.88 Å². The van der Waals surface area contributed by atoms with Crippen LogP contribution < -0.4 is 5.73 Å². The summed E-state index contributed by atoms with van der Waals surface area (Å²) in [7, 11) is 4.08. The predicted octanol–water partition coefficient (Wildman–Crippen LogP) is 1.48. The molecule has 1 aliphatic heterocycles. The number of hydrogen-bond acceptors (Lipinski definition) is 4. The van der Waals surface area contributed by atoms with E-state index in [1.807, 2.05) is 19.0 Å². The van der Waals surface area contributed by atoms with E-state index in [1.54, 1.807) is 6.07 Å². The van der Waals surface area contributed by atoms with Gasteiger partial charge in [0.2, 0.25) is 0 Å². The van der Waals surface area contributed by atoms with Crippen LogP contribution >= 0.6 is 11.6 Å². The maximum atomic E-state index is 12.5. The quantitative estimate of drug-likeness (QED) is 0.893. The van der Waals surface area contributed by atoms with Crippen LogP contribution in [0.5, 0.6) is 0 Å². The fourth-order valence-electron chi connectivity index (χ4n) is 2.35. The van der Waals surface area contributed by atoms with Gasteiger partial charge < -0.3 is 15.5 Å². The fraction of sp³-hybridized carbons (Fsp3) is 0.538. The van der Waals surface area contributed by atoms with Crippen molar-refractivity contribution in [2.75, 3.05) is 32.9 Å². The molecule has 0 saturated carbocycles. The van der Waals surface area contributed by atoms with Gasteiger partial charge in [-0.3, -0.25) is 4.79 Å². The molecule has 0 radical (unpaired) electrons. The van der Waals surface area contributed by atoms with E-state index in [-0.39, 0.29) is 5.91 Å². The Balaban J connectivity index is 2.17. The van der Waals surface area contributed by atoms with E-state index in [0.717, 1.165) is 25.9 Å². The third kappa shape index (κ3) is 3.16. The van der Waals surface area contributed by atoms with Crippen LogP contribution in [-0.2, 0) is 0 Å². The van der Waals surface area contributed by atoms with Gasteiger partial charge in [0.05, 0.1) is 10.6 Å². The summed E-state index contributed by atoms with van der Waals surface area (Å²) in [5, 5.41) is 0.353. The van der Waals surface area contributed by atoms with Gasteiger partial charge in [-0.15, -0.1) is 0 Å². The number of amides is 1. The Kier molecular flexibility index (Phi) is 4.27. The van der Waals surface area contributed by atoms with Crippen LogP contribution in [0, 0.1) is 0 Å². The first kappa shape index (κ1) is 14.1. The van der Waals surface area contributed by atoms with Crippen LogP contribution in [0.1, 0.15) is 23.2 Å². The molecular formula is C13H19ClN4O. The molecule has 104 valence electrons. The van der Waals surface area contributed by atoms with Gasteiger partial charge in [-0.1, -0.05) is 11.6 Å². The number of anilines is 1. The molecule has 19 heavy (non-hydrogen) atoms. The highest BCUT2D eigenvalue weighted by atomic mass is 35.5. The largest absolute Gasteiger partial charge is 0.384 e. The van der Waals surface area contributed by atoms with Crippen molar-refractivity contribution in [3.05, 3.63) is 22.8 Å². The first-order chi connectivity index (χ1) is 8.99. The van der Waals surface area contributed by atoms with Crippen LogP contribution in [-0.4, -0.2) is 53.9 Å². The number of likely N-dealkylation sites (tertiary alicyclic amines) is 1. The number of hydrogen-bond donors (Lipinski definition) is 1. The average Bonchev–Trinajstić information content (AvgIpc) is 2.41. The van der Waals surface area contributed by atoms with Crippen LogP contribution in [0.2, 0.25) is 5.02 Å². The lowest BCUT2D eigenvalue weighted by Gasteiger charge is -2.36. The summed E-state index contributed by atoms with van der Waals surface area (Å²) in [6, 6.07) is 1.94. The van der Waals surface area contributed by atoms with Gasteiger partial charge in [0.1, 0.15) is 5.82 Å². The van der Waals surface area contributed by atoms with E-state index in [1.165, 1.54) is 6.20 Å². The van der Waals surface area contributed by atoms with Crippen molar-refractivity contribution in [3.8, 4) is 0 Å². The Labute approximate surface area is 118 Å². The van der Waals surface area contributed by atoms with Crippen molar-refractivity contribution >= 4 is 23.3 Å². The molecule has 1 atom stereocenters. The van der Waals surface area contributed by atoms with Crippen LogP contribution in [0.3, 0.4) is 0 Å². The number of nitrogen functional groups attached to an aromatic ring is 1. The van der Waals surface area contributed by atoms with Gasteiger partial charge in [0, 0.05) is 25.3 Å². The van der Waals surface area contributed by atoms with Gasteiger partial charge in [0.25, 0.3) is 5.91 Å². The van der Waals surface area contributed by atoms with Crippen molar-refractivity contribution in [2.45, 2.75) is 18.9 Å². The monoisotopic (exact) mass is 282 g/mol. The molecule has 2 N–H and O–H groups in total. The third-order valence-electron chi connectivity index (χ3n) is 3.52. The molecule has 1 fully saturated rings. The molecule has 1 aromatic rings. The number of piperidine rings is 1. The van der Waals surface area contributed by atoms with Crippen molar-refractivity contribution in [3.63, 3.8) is 0 Å². The van der Waals surface area contributed by atoms with Gasteiger partial charge >= 0.3 is 0 Å². The summed E-state index contributed by atoms with van der Waals surface area (Å²) in [5.74, 6) is 0.250. The van der Waals surface area contributed by atoms with Crippen LogP contribution in [0.4, 0.5) is 5.82 Å². The van der Waals surface area contributed by atoms with Crippen molar-refractivity contribution in [1.29, 1.82) is 0 Å². The number of likely N-dealkylation sites (N-methyl/N-ethyl adjacent to an activating group) is 1. The summed E-state index contributed by atoms with van der Waals surface area (Å²) in [4.78, 5) is 20.4. The van der Waals surface area contributed by atoms with E-state index in [4.69, 9.17) is 17.3 Å². The number of nitrogens with zero attached hydrogens (tertiary/aromatic N) is 3. The number of aromatic nitrogens is 1. The summed E-state index contributed by atoms with van der Waals surface area (Å²) >= 11 is 6.03. The van der Waals surface area contributed by atoms with Gasteiger partial charge in [-0.2, -0.15) is 0 Å². The summed E-state index contributed by atoms with van der Waals surface area (Å²) < 4.78 is 0. The number of halogens is 1. The molecule has 0 aliphatic carbocycles. The van der Waals surface area contributed by atoms with Crippen molar-refractivity contribution in [1.82, 2.24) is 14.8 Å². The molecule has 6 heteroatoms. The highest BCUT2D eigenvalue weighted by Crippen LogP contribution is 2.21. The number of carbonyl (C=O) groups excluding carboxylic acids is 1. The Morgan fingerprint density at radius 3 is 3.00 bits per heavy atom. The van der Waals surface area contributed by atoms with Gasteiger partial charge in [0.15, 0.2) is 0 Å². The Morgan fingerprint density at radius 2 is 2.32 bits per heavy atom. The molecule has 1 unspecified atom stereocenters. The molecule has 0 spiro atoms. The molecule has 2 heterocycles. The highest BCUT2D eigenvalue weighted by Gasteiger charge is 2.26. The molecule has 1 amide bonds. The molecular weight excluding hydrogens is 264 g/mol. The summed E-state index contributed by atoms with van der Waals surface area (Å²) in [6.45, 7) is 1.49. The Morgan fingerprint density at radius 1 is 1.58 bits per heavy atom. The average molecular weight is 283 g/mol. The highest BCUT2D eigenvalue weighted by molar-refractivity contribution is 6.33.